The van der Waals surface area contributed by atoms with E-state index in [4.69, 9.17) is 61.0 Å². The van der Waals surface area contributed by atoms with Gasteiger partial charge >= 0.3 is 6.09 Å². The summed E-state index contributed by atoms with van der Waals surface area (Å²) in [5, 5.41) is 120. The van der Waals surface area contributed by atoms with E-state index in [1.165, 1.54) is 51.2 Å². The average molecular weight is 1760 g/mol. The fourth-order valence-electron chi connectivity index (χ4n) is 18.7. The highest BCUT2D eigenvalue weighted by Crippen LogP contribution is 2.55. The number of allylic oxidation sites excluding steroid dienone is 3. The van der Waals surface area contributed by atoms with Crippen molar-refractivity contribution in [3.63, 3.8) is 0 Å². The Balaban J connectivity index is 0.953. The van der Waals surface area contributed by atoms with E-state index in [1.807, 2.05) is 20.8 Å². The number of amides is 9. The van der Waals surface area contributed by atoms with Gasteiger partial charge in [0.2, 0.25) is 59.3 Å². The lowest BCUT2D eigenvalue weighted by molar-refractivity contribution is -0.333. The third kappa shape index (κ3) is 19.8. The van der Waals surface area contributed by atoms with Gasteiger partial charge < -0.3 is 133 Å². The summed E-state index contributed by atoms with van der Waals surface area (Å²) in [6.45, 7) is 9.86. The molecule has 21 N–H and O–H groups in total. The predicted octanol–water partition coefficient (Wildman–Crippen LogP) is 4.30. The quantitative estimate of drug-likeness (QED) is 0.0483. The SMILES string of the molecule is CCCCOc1ccc(NC(=O)Oc2cc(O)c3c(c2)[C@@H](C(=O)NC2C4CC5CC(C4)CC2C5)NC(=O)[C@H]2NC(=O)[C@H](NC(=O)[C@@H]4NC(=O)[C@H](CC(N)=O)NC(=O)[C@H](NC(=O)[C@@H](CC(C)C)NC)[C@H](O)C5=CC(C)=C(CC5)Oc5cc4cc(c5O[C@@H]4O[C@H](CO)[C@@H](O)[C@H](O)[C@H]4O[C@H]4C[C@](C)(N)[C@H](O)[C@H](C)O4)Oc4ccc(cc4Cl)[C@H]2O)c2ccc(O)c-3c2)cc1. The van der Waals surface area contributed by atoms with E-state index in [9.17, 15) is 55.2 Å². The number of anilines is 1. The molecule has 5 aromatic rings. The molecular formula is C88H108ClN11O25. The van der Waals surface area contributed by atoms with Crippen LogP contribution in [-0.4, -0.2) is 206 Å². The van der Waals surface area contributed by atoms with E-state index in [1.54, 1.807) is 31.2 Å². The van der Waals surface area contributed by atoms with Crippen molar-refractivity contribution in [3.8, 4) is 57.1 Å². The van der Waals surface area contributed by atoms with Crippen LogP contribution in [0.25, 0.3) is 11.1 Å². The Morgan fingerprint density at radius 3 is 2.06 bits per heavy atom. The zero-order valence-corrected chi connectivity index (χ0v) is 70.6. The lowest BCUT2D eigenvalue weighted by Gasteiger charge is -2.54. The smallest absolute Gasteiger partial charge is 0.417 e. The van der Waals surface area contributed by atoms with Gasteiger partial charge in [0.1, 0.15) is 101 Å². The van der Waals surface area contributed by atoms with Crippen LogP contribution in [0.4, 0.5) is 10.5 Å². The van der Waals surface area contributed by atoms with Gasteiger partial charge in [-0.3, -0.25) is 43.7 Å². The number of rotatable bonds is 20. The Bertz CT molecular complexity index is 5000. The number of phenolic OH excluding ortho intramolecular Hbond substituents is 2. The Morgan fingerprint density at radius 1 is 0.720 bits per heavy atom. The van der Waals surface area contributed by atoms with Gasteiger partial charge in [-0.15, -0.1) is 0 Å². The van der Waals surface area contributed by atoms with Crippen molar-refractivity contribution in [2.75, 3.05) is 25.6 Å². The predicted molar refractivity (Wildman–Crippen MR) is 446 cm³/mol. The third-order valence-electron chi connectivity index (χ3n) is 25.0. The van der Waals surface area contributed by atoms with Crippen LogP contribution in [0.3, 0.4) is 0 Å². The molecule has 5 aromatic carbocycles. The zero-order chi connectivity index (χ0) is 89.5. The van der Waals surface area contributed by atoms with Gasteiger partial charge in [0.15, 0.2) is 23.9 Å². The summed E-state index contributed by atoms with van der Waals surface area (Å²) >= 11 is 7.33. The van der Waals surface area contributed by atoms with Crippen molar-refractivity contribution < 1.29 is 122 Å². The van der Waals surface area contributed by atoms with E-state index in [2.05, 4.69) is 47.9 Å². The van der Waals surface area contributed by atoms with E-state index < -0.39 is 227 Å². The molecular weight excluding hydrogens is 1650 g/mol. The van der Waals surface area contributed by atoms with E-state index >= 15 is 28.8 Å². The van der Waals surface area contributed by atoms with Crippen LogP contribution in [0.1, 0.15) is 165 Å². The summed E-state index contributed by atoms with van der Waals surface area (Å²) < 4.78 is 51.1. The third-order valence-corrected chi connectivity index (χ3v) is 25.3. The number of aliphatic hydroxyl groups excluding tert-OH is 6. The normalized spacial score (nSPS) is 31.1. The Kier molecular flexibility index (Phi) is 27.4. The standard InChI is InChI=1S/C88H108ClN11O25/c1-8-9-20-118-49-15-13-48(14-16-49)93-87(117)120-50-32-52-65(57(103)33-50)51-28-42(10-17-56(51)102)67-81(112)100-71(85(116)98-69(52)83(114)95-66-45-24-40-23-41(26-45)27-46(66)25-40)73(106)44-12-19-59(53(89)29-44)122-61-31-47-30-60(76(61)125-86-77(75(108)74(107)62(36-101)123-86)124-64-35-88(6,91)78(109)39(5)119-64)121-58-18-11-43(22-38(58)4)72(105)70(99-79(110)54(92-7)21-37(2)3)84(115)94-55(34-63(90)104)80(111)96-68(47)82(113)97-67/h10,12-17,19,22,28-33,37,39-41,45-46,54-55,62,64,66-75,77-78,86,92,101-103,105-109H,8-9,11,18,20-21,23-27,34-36,91H2,1-7H3,(H2,90,104)(H,93,117)(H,94,115)(H,95,114)(H,96,111)(H,97,113)(H,98,116)(H,99,110)(H,100,112)/t39-,40?,41?,45?,46?,54+,55-,62+,64-,66?,67+,68+,69-,70+,71-,72+,73+,74+,75-,77+,78+,86-,88-/m0/s1. The fraction of sp³-hybridized carbons (Fsp3) is 0.511. The minimum absolute atomic E-state index is 0.0226. The number of hydrogen-bond acceptors (Lipinski definition) is 27. The molecule has 15 bridgehead atoms. The van der Waals surface area contributed by atoms with Gasteiger partial charge in [-0.1, -0.05) is 57.0 Å². The number of phenols is 2. The lowest BCUT2D eigenvalue weighted by atomic mass is 9.54. The van der Waals surface area contributed by atoms with Gasteiger partial charge in [-0.2, -0.15) is 0 Å². The first-order valence-corrected chi connectivity index (χ1v) is 42.6. The summed E-state index contributed by atoms with van der Waals surface area (Å²) in [6.07, 6.45) is -12.0. The highest BCUT2D eigenvalue weighted by Gasteiger charge is 2.53. The minimum atomic E-state index is -2.31. The van der Waals surface area contributed by atoms with Crippen LogP contribution in [0, 0.1) is 29.6 Å². The number of fused-ring (bicyclic) bond motifs is 15. The number of nitrogens with two attached hydrogens (primary N) is 2. The number of aromatic hydroxyl groups is 2. The van der Waals surface area contributed by atoms with Crippen LogP contribution in [0.2, 0.25) is 5.02 Å². The van der Waals surface area contributed by atoms with Gasteiger partial charge in [0.25, 0.3) is 0 Å². The molecule has 672 valence electrons. The molecule has 0 unspecified atom stereocenters. The number of carbonyl (C=O) groups excluding carboxylic acids is 9. The maximum atomic E-state index is 16.6. The maximum absolute atomic E-state index is 16.6. The molecule has 5 aliphatic carbocycles. The van der Waals surface area contributed by atoms with Gasteiger partial charge in [0, 0.05) is 47.3 Å². The summed E-state index contributed by atoms with van der Waals surface area (Å²) in [4.78, 5) is 137. The number of benzene rings is 5. The van der Waals surface area contributed by atoms with E-state index in [0.717, 1.165) is 81.3 Å². The molecule has 17 rings (SSSR count). The monoisotopic (exact) mass is 1750 g/mol. The molecule has 0 radical (unpaired) electrons. The number of primary amides is 1. The van der Waals surface area contributed by atoms with E-state index in [0.29, 0.717) is 24.2 Å². The first kappa shape index (κ1) is 90.5. The molecule has 0 aromatic heterocycles. The molecule has 6 fully saturated rings. The summed E-state index contributed by atoms with van der Waals surface area (Å²) in [5.41, 5.74) is 9.77. The molecule has 37 heteroatoms. The molecule has 9 amide bonds. The molecule has 36 nitrogen and oxygen atoms in total. The van der Waals surface area contributed by atoms with Crippen molar-refractivity contribution in [1.82, 2.24) is 42.5 Å². The van der Waals surface area contributed by atoms with Gasteiger partial charge in [-0.25, -0.2) is 4.79 Å². The molecule has 4 saturated carbocycles. The number of aliphatic hydroxyl groups is 6. The molecule has 0 spiro atoms. The molecule has 7 aliphatic heterocycles. The second-order valence-corrected chi connectivity index (χ2v) is 35.1. The highest BCUT2D eigenvalue weighted by molar-refractivity contribution is 6.32. The Hall–Kier alpha value is -10.7. The van der Waals surface area contributed by atoms with Crippen LogP contribution in [0.5, 0.6) is 46.0 Å². The number of unbranched alkanes of at least 4 members (excludes halogenated alkanes) is 1. The second-order valence-electron chi connectivity index (χ2n) is 34.7. The van der Waals surface area contributed by atoms with Crippen molar-refractivity contribution >= 4 is 70.6 Å². The fourth-order valence-corrected chi connectivity index (χ4v) is 18.9. The molecule has 12 aliphatic rings. The number of nitrogens with one attached hydrogen (secondary N) is 9. The topological polar surface area (TPSA) is 550 Å². The minimum Gasteiger partial charge on any atom is -0.507 e. The summed E-state index contributed by atoms with van der Waals surface area (Å²) in [5.74, 6) is -11.8. The summed E-state index contributed by atoms with van der Waals surface area (Å²) in [7, 11) is 1.51. The first-order valence-electron chi connectivity index (χ1n) is 42.2. The lowest BCUT2D eigenvalue weighted by Crippen LogP contribution is -2.64. The molecule has 18 atom stereocenters. The Labute approximate surface area is 724 Å². The Morgan fingerprint density at radius 2 is 1.40 bits per heavy atom. The highest BCUT2D eigenvalue weighted by atomic mass is 35.5. The first-order chi connectivity index (χ1) is 59.5. The number of halogens is 1. The zero-order valence-electron chi connectivity index (χ0n) is 69.9. The van der Waals surface area contributed by atoms with Crippen LogP contribution in [-0.2, 0) is 52.6 Å². The van der Waals surface area contributed by atoms with Crippen molar-refractivity contribution in [1.29, 1.82) is 0 Å². The molecule has 125 heavy (non-hydrogen) atoms. The second kappa shape index (κ2) is 37.8. The van der Waals surface area contributed by atoms with Crippen molar-refractivity contribution in [2.45, 2.75) is 234 Å². The van der Waals surface area contributed by atoms with E-state index in [-0.39, 0.29) is 99.1 Å². The van der Waals surface area contributed by atoms with Crippen LogP contribution in [0.15, 0.2) is 108 Å². The summed E-state index contributed by atoms with van der Waals surface area (Å²) in [6, 6.07) is 3.70. The van der Waals surface area contributed by atoms with Crippen LogP contribution < -0.4 is 83.0 Å². The molecule has 2 saturated heterocycles. The van der Waals surface area contributed by atoms with Gasteiger partial charge in [-0.05, 0) is 209 Å². The number of ether oxygens (including phenoxy) is 8. The average Bonchev–Trinajstić information content (AvgIpc) is 0.758. The maximum Gasteiger partial charge on any atom is 0.417 e. The number of carbonyl (C=O) groups is 9. The van der Waals surface area contributed by atoms with Crippen LogP contribution >= 0.6 is 11.6 Å². The molecule has 7 heterocycles. The number of likely N-dealkylation sites (N-methyl/N-ethyl adjacent to an activating group) is 1. The van der Waals surface area contributed by atoms with Crippen molar-refractivity contribution in [3.05, 3.63) is 135 Å². The van der Waals surface area contributed by atoms with Gasteiger partial charge in [0.05, 0.1) is 42.9 Å². The number of hydrogen-bond donors (Lipinski definition) is 19. The largest absolute Gasteiger partial charge is 0.507 e. The van der Waals surface area contributed by atoms with Crippen molar-refractivity contribution in [2.24, 2.45) is 41.1 Å².